The largest absolute Gasteiger partial charge is 0.494 e. The van der Waals surface area contributed by atoms with Gasteiger partial charge in [0.25, 0.3) is 0 Å². The van der Waals surface area contributed by atoms with Crippen molar-refractivity contribution in [2.45, 2.75) is 53.4 Å². The first-order chi connectivity index (χ1) is 19.1. The van der Waals surface area contributed by atoms with Crippen LogP contribution in [-0.2, 0) is 19.6 Å². The van der Waals surface area contributed by atoms with E-state index in [4.69, 9.17) is 14.2 Å². The molecule has 0 saturated carbocycles. The summed E-state index contributed by atoms with van der Waals surface area (Å²) in [7, 11) is -3.09. The van der Waals surface area contributed by atoms with E-state index in [0.29, 0.717) is 45.5 Å². The fraction of sp³-hybridized carbons (Fsp3) is 0.379. The van der Waals surface area contributed by atoms with E-state index in [1.807, 2.05) is 100 Å². The normalized spacial score (nSPS) is 13.2. The average molecular weight is 547 g/mol. The van der Waals surface area contributed by atoms with Gasteiger partial charge in [-0.25, -0.2) is 0 Å². The van der Waals surface area contributed by atoms with Gasteiger partial charge in [-0.2, -0.15) is 29.7 Å². The topological polar surface area (TPSA) is 102 Å². The van der Waals surface area contributed by atoms with E-state index in [9.17, 15) is 0 Å². The Bertz CT molecular complexity index is 1100. The summed E-state index contributed by atoms with van der Waals surface area (Å²) < 4.78 is 31.2. The Balaban J connectivity index is 1.86. The predicted octanol–water partition coefficient (Wildman–Crippen LogP) is 8.10. The summed E-state index contributed by atoms with van der Waals surface area (Å²) in [5.41, 5.74) is 2.85. The molecule has 0 spiro atoms. The summed E-state index contributed by atoms with van der Waals surface area (Å²) in [6.07, 6.45) is 0. The van der Waals surface area contributed by atoms with Gasteiger partial charge in [0, 0.05) is 22.7 Å². The predicted molar refractivity (Wildman–Crippen MR) is 155 cm³/mol. The van der Waals surface area contributed by atoms with Gasteiger partial charge in [-0.1, -0.05) is 61.5 Å². The highest BCUT2D eigenvalue weighted by atomic mass is 28.4. The third-order valence-electron chi connectivity index (χ3n) is 5.71. The first-order valence-electron chi connectivity index (χ1n) is 13.4. The molecule has 0 heterocycles. The fourth-order valence-electron chi connectivity index (χ4n) is 3.74. The van der Waals surface area contributed by atoms with Gasteiger partial charge in [0.15, 0.2) is 0 Å². The van der Waals surface area contributed by atoms with Crippen LogP contribution in [0.2, 0.25) is 6.04 Å². The average Bonchev–Trinajstić information content (AvgIpc) is 2.96. The highest BCUT2D eigenvalue weighted by Crippen LogP contribution is 2.25. The quantitative estimate of drug-likeness (QED) is 0.134. The van der Waals surface area contributed by atoms with E-state index in [1.165, 1.54) is 0 Å². The van der Waals surface area contributed by atoms with Crippen molar-refractivity contribution in [2.24, 2.45) is 29.7 Å². The van der Waals surface area contributed by atoms with Gasteiger partial charge in [-0.05, 0) is 39.0 Å². The minimum absolute atomic E-state index is 0.357. The summed E-state index contributed by atoms with van der Waals surface area (Å²) in [6, 6.07) is 24.0. The Morgan fingerprint density at radius 1 is 0.487 bits per heavy atom. The zero-order valence-corrected chi connectivity index (χ0v) is 24.3. The van der Waals surface area contributed by atoms with Crippen molar-refractivity contribution in [3.63, 3.8) is 0 Å². The molecule has 0 saturated heterocycles. The molecule has 3 rings (SSSR count). The third-order valence-corrected chi connectivity index (χ3v) is 8.04. The van der Waals surface area contributed by atoms with Crippen LogP contribution < -0.4 is 14.2 Å². The van der Waals surface area contributed by atoms with Crippen LogP contribution in [0.4, 0.5) is 0 Å². The standard InChI is InChI=1S/C29H38N6O3Si/c1-5-36-27-18-12-9-15-24(27)21-30-33-39(8-4,34-31-22-25-16-10-13-19-28(25)37-6-2)35-32-23-26-17-11-14-20-29(26)38-7-3/h9-20H,5-8,21-23H2,1-4H3. The summed E-state index contributed by atoms with van der Waals surface area (Å²) in [6.45, 7) is 10.7. The zero-order valence-electron chi connectivity index (χ0n) is 23.3. The van der Waals surface area contributed by atoms with Gasteiger partial charge in [0.1, 0.15) is 17.2 Å². The third kappa shape index (κ3) is 9.10. The lowest BCUT2D eigenvalue weighted by atomic mass is 10.2. The lowest BCUT2D eigenvalue weighted by Crippen LogP contribution is -2.25. The van der Waals surface area contributed by atoms with E-state index >= 15 is 0 Å². The Hall–Kier alpha value is -3.92. The summed E-state index contributed by atoms with van der Waals surface area (Å²) in [5, 5.41) is 13.6. The molecule has 0 fully saturated rings. The Labute approximate surface area is 232 Å². The molecular formula is C29H38N6O3Si. The van der Waals surface area contributed by atoms with Gasteiger partial charge in [-0.3, -0.25) is 0 Å². The van der Waals surface area contributed by atoms with E-state index in [2.05, 4.69) is 29.7 Å². The Kier molecular flexibility index (Phi) is 12.3. The smallest absolute Gasteiger partial charge is 0.490 e. The summed E-state index contributed by atoms with van der Waals surface area (Å²) in [4.78, 5) is 0. The molecule has 0 aliphatic heterocycles. The molecule has 0 aliphatic carbocycles. The maximum Gasteiger partial charge on any atom is 0.490 e. The van der Waals surface area contributed by atoms with Crippen LogP contribution in [0.5, 0.6) is 17.2 Å². The number of nitrogens with zero attached hydrogens (tertiary/aromatic N) is 6. The zero-order chi connectivity index (χ0) is 27.8. The fourth-order valence-corrected chi connectivity index (χ4v) is 5.17. The van der Waals surface area contributed by atoms with Gasteiger partial charge in [0.2, 0.25) is 0 Å². The number of hydrogen-bond donors (Lipinski definition) is 0. The van der Waals surface area contributed by atoms with E-state index in [-0.39, 0.29) is 0 Å². The molecule has 3 aromatic rings. The number of benzene rings is 3. The van der Waals surface area contributed by atoms with Crippen molar-refractivity contribution in [1.82, 2.24) is 0 Å². The molecular weight excluding hydrogens is 508 g/mol. The van der Waals surface area contributed by atoms with Gasteiger partial charge in [0.05, 0.1) is 39.5 Å². The molecule has 206 valence electrons. The highest BCUT2D eigenvalue weighted by molar-refractivity contribution is 6.74. The Morgan fingerprint density at radius 3 is 1.08 bits per heavy atom. The van der Waals surface area contributed by atoms with Crippen molar-refractivity contribution in [3.8, 4) is 17.2 Å². The van der Waals surface area contributed by atoms with Crippen molar-refractivity contribution >= 4 is 8.56 Å². The number of para-hydroxylation sites is 3. The van der Waals surface area contributed by atoms with Crippen LogP contribution in [0.3, 0.4) is 0 Å². The maximum absolute atomic E-state index is 5.74. The number of ether oxygens (including phenoxy) is 3. The maximum atomic E-state index is 5.74. The van der Waals surface area contributed by atoms with E-state index < -0.39 is 8.56 Å². The molecule has 0 unspecified atom stereocenters. The van der Waals surface area contributed by atoms with Crippen LogP contribution in [0.1, 0.15) is 44.4 Å². The van der Waals surface area contributed by atoms with Crippen LogP contribution in [0.25, 0.3) is 0 Å². The summed E-state index contributed by atoms with van der Waals surface area (Å²) in [5.74, 6) is 2.39. The van der Waals surface area contributed by atoms with Gasteiger partial charge in [-0.15, -0.1) is 0 Å². The van der Waals surface area contributed by atoms with Crippen LogP contribution in [0, 0.1) is 0 Å². The monoisotopic (exact) mass is 546 g/mol. The second-order valence-electron chi connectivity index (χ2n) is 8.45. The number of rotatable bonds is 16. The van der Waals surface area contributed by atoms with Crippen molar-refractivity contribution < 1.29 is 14.2 Å². The lowest BCUT2D eigenvalue weighted by molar-refractivity contribution is 0.336. The van der Waals surface area contributed by atoms with Crippen LogP contribution in [-0.4, -0.2) is 28.4 Å². The molecule has 0 atom stereocenters. The molecule has 0 aromatic heterocycles. The SMILES string of the molecule is CCOc1ccccc1CN=N[Si](CC)(N=NCc1ccccc1OCC)N=NCc1ccccc1OCC. The molecule has 0 amide bonds. The van der Waals surface area contributed by atoms with Crippen molar-refractivity contribution in [3.05, 3.63) is 89.5 Å². The molecule has 10 heteroatoms. The van der Waals surface area contributed by atoms with Crippen molar-refractivity contribution in [1.29, 1.82) is 0 Å². The molecule has 0 N–H and O–H groups in total. The molecule has 0 radical (unpaired) electrons. The van der Waals surface area contributed by atoms with Crippen molar-refractivity contribution in [2.75, 3.05) is 19.8 Å². The van der Waals surface area contributed by atoms with Gasteiger partial charge >= 0.3 is 8.56 Å². The van der Waals surface area contributed by atoms with Crippen LogP contribution in [0.15, 0.2) is 102 Å². The Morgan fingerprint density at radius 2 is 0.795 bits per heavy atom. The lowest BCUT2D eigenvalue weighted by Gasteiger charge is -2.13. The molecule has 39 heavy (non-hydrogen) atoms. The molecule has 3 aromatic carbocycles. The molecule has 0 bridgehead atoms. The minimum Gasteiger partial charge on any atom is -0.494 e. The summed E-state index contributed by atoms with van der Waals surface area (Å²) >= 11 is 0. The van der Waals surface area contributed by atoms with Crippen LogP contribution >= 0.6 is 0 Å². The first kappa shape index (κ1) is 29.6. The van der Waals surface area contributed by atoms with E-state index in [0.717, 1.165) is 33.9 Å². The first-order valence-corrected chi connectivity index (χ1v) is 15.5. The molecule has 9 nitrogen and oxygen atoms in total. The second-order valence-corrected chi connectivity index (χ2v) is 11.3. The minimum atomic E-state index is -3.09. The molecule has 0 aliphatic rings. The second kappa shape index (κ2) is 16.1. The van der Waals surface area contributed by atoms with Gasteiger partial charge < -0.3 is 14.2 Å². The van der Waals surface area contributed by atoms with E-state index in [1.54, 1.807) is 0 Å². The number of hydrogen-bond acceptors (Lipinski definition) is 9. The highest BCUT2D eigenvalue weighted by Gasteiger charge is 2.35.